The van der Waals surface area contributed by atoms with Crippen LogP contribution in [0.25, 0.3) is 0 Å². The van der Waals surface area contributed by atoms with Gasteiger partial charge in [-0.15, -0.1) is 0 Å². The highest BCUT2D eigenvalue weighted by Gasteiger charge is 2.26. The summed E-state index contributed by atoms with van der Waals surface area (Å²) < 4.78 is 0. The Morgan fingerprint density at radius 1 is 1.11 bits per heavy atom. The predicted octanol–water partition coefficient (Wildman–Crippen LogP) is 4.30. The molecule has 5 rings (SSSR count). The first-order valence-corrected chi connectivity index (χ1v) is 15.2. The van der Waals surface area contributed by atoms with Crippen molar-refractivity contribution in [3.05, 3.63) is 83.3 Å². The molecule has 0 spiro atoms. The molecule has 0 bridgehead atoms. The van der Waals surface area contributed by atoms with Crippen LogP contribution in [0, 0.1) is 5.41 Å². The van der Waals surface area contributed by atoms with Gasteiger partial charge in [-0.05, 0) is 68.5 Å². The van der Waals surface area contributed by atoms with E-state index in [1.165, 1.54) is 19.2 Å². The zero-order valence-corrected chi connectivity index (χ0v) is 25.6. The van der Waals surface area contributed by atoms with Crippen LogP contribution in [0.3, 0.4) is 0 Å². The molecule has 1 saturated carbocycles. The van der Waals surface area contributed by atoms with Crippen molar-refractivity contribution in [2.75, 3.05) is 43.0 Å². The molecule has 3 aromatic rings. The van der Waals surface area contributed by atoms with Gasteiger partial charge < -0.3 is 21.3 Å². The van der Waals surface area contributed by atoms with Crippen molar-refractivity contribution in [3.63, 3.8) is 0 Å². The summed E-state index contributed by atoms with van der Waals surface area (Å²) in [6.07, 6.45) is 10.9. The number of carbonyl (C=O) groups is 2. The van der Waals surface area contributed by atoms with Gasteiger partial charge >= 0.3 is 0 Å². The normalized spacial score (nSPS) is 16.8. The first-order valence-electron chi connectivity index (χ1n) is 15.2. The number of carbonyl (C=O) groups excluding carboxylic acids is 2. The molecule has 1 unspecified atom stereocenters. The number of benzene rings is 1. The highest BCUT2D eigenvalue weighted by Crippen LogP contribution is 2.26. The molecule has 1 aromatic carbocycles. The molecule has 2 fully saturated rings. The van der Waals surface area contributed by atoms with E-state index in [1.54, 1.807) is 36.5 Å². The average Bonchev–Trinajstić information content (AvgIpc) is 3.87. The predicted molar refractivity (Wildman–Crippen MR) is 173 cm³/mol. The van der Waals surface area contributed by atoms with E-state index in [-0.39, 0.29) is 29.4 Å². The molecule has 44 heavy (non-hydrogen) atoms. The Hall–Kier alpha value is -4.64. The monoisotopic (exact) mass is 595 g/mol. The van der Waals surface area contributed by atoms with Crippen molar-refractivity contribution in [2.45, 2.75) is 57.5 Å². The number of nitrogen functional groups attached to an aromatic ring is 1. The van der Waals surface area contributed by atoms with Crippen LogP contribution in [-0.4, -0.2) is 81.0 Å². The van der Waals surface area contributed by atoms with Gasteiger partial charge in [0.2, 0.25) is 5.91 Å². The Morgan fingerprint density at radius 2 is 1.86 bits per heavy atom. The second kappa shape index (κ2) is 13.8. The van der Waals surface area contributed by atoms with Gasteiger partial charge in [0.05, 0.1) is 11.3 Å². The smallest absolute Gasteiger partial charge is 0.256 e. The maximum atomic E-state index is 12.9. The van der Waals surface area contributed by atoms with E-state index in [2.05, 4.69) is 51.4 Å². The van der Waals surface area contributed by atoms with Gasteiger partial charge in [0, 0.05) is 55.1 Å². The lowest BCUT2D eigenvalue weighted by Gasteiger charge is -2.33. The third-order valence-corrected chi connectivity index (χ3v) is 8.15. The van der Waals surface area contributed by atoms with Crippen molar-refractivity contribution in [1.29, 1.82) is 5.41 Å². The highest BCUT2D eigenvalue weighted by molar-refractivity contribution is 6.16. The molecule has 0 radical (unpaired) electrons. The van der Waals surface area contributed by atoms with Crippen LogP contribution in [0.4, 0.5) is 17.5 Å². The van der Waals surface area contributed by atoms with Gasteiger partial charge in [-0.1, -0.05) is 32.1 Å². The number of amides is 2. The van der Waals surface area contributed by atoms with Crippen LogP contribution in [0.15, 0.2) is 61.1 Å². The number of likely N-dealkylation sites (tertiary alicyclic amines) is 1. The summed E-state index contributed by atoms with van der Waals surface area (Å²) in [6, 6.07) is 11.1. The fourth-order valence-corrected chi connectivity index (χ4v) is 5.33. The second-order valence-corrected chi connectivity index (χ2v) is 11.9. The van der Waals surface area contributed by atoms with Gasteiger partial charge in [-0.2, -0.15) is 0 Å². The maximum Gasteiger partial charge on any atom is 0.256 e. The largest absolute Gasteiger partial charge is 0.383 e. The minimum atomic E-state index is -0.289. The molecular formula is C33H41N9O2. The van der Waals surface area contributed by atoms with Gasteiger partial charge in [0.1, 0.15) is 23.8 Å². The first kappa shape index (κ1) is 30.8. The van der Waals surface area contributed by atoms with Crippen LogP contribution in [0.1, 0.15) is 72.5 Å². The Bertz CT molecular complexity index is 1530. The summed E-state index contributed by atoms with van der Waals surface area (Å²) in [5.41, 5.74) is 8.86. The van der Waals surface area contributed by atoms with E-state index in [1.807, 2.05) is 23.1 Å². The third-order valence-electron chi connectivity index (χ3n) is 8.15. The minimum absolute atomic E-state index is 0.00315. The van der Waals surface area contributed by atoms with Gasteiger partial charge in [0.15, 0.2) is 0 Å². The molecule has 1 saturated heterocycles. The number of aromatic nitrogens is 3. The number of nitrogens with one attached hydrogen (secondary N) is 3. The van der Waals surface area contributed by atoms with E-state index >= 15 is 0 Å². The summed E-state index contributed by atoms with van der Waals surface area (Å²) >= 11 is 0. The maximum absolute atomic E-state index is 12.9. The second-order valence-electron chi connectivity index (χ2n) is 11.9. The Labute approximate surface area is 258 Å². The summed E-state index contributed by atoms with van der Waals surface area (Å²) in [4.78, 5) is 42.7. The lowest BCUT2D eigenvalue weighted by Crippen LogP contribution is -2.45. The number of piperidine rings is 1. The van der Waals surface area contributed by atoms with Crippen molar-refractivity contribution in [2.24, 2.45) is 0 Å². The quantitative estimate of drug-likeness (QED) is 0.189. The minimum Gasteiger partial charge on any atom is -0.383 e. The number of nitrogens with two attached hydrogens (primary N) is 1. The number of pyridine rings is 1. The lowest BCUT2D eigenvalue weighted by atomic mass is 10.0. The van der Waals surface area contributed by atoms with E-state index in [9.17, 15) is 9.59 Å². The molecule has 3 heterocycles. The molecule has 1 aliphatic carbocycles. The number of hydrogen-bond acceptors (Lipinski definition) is 9. The Morgan fingerprint density at radius 3 is 2.59 bits per heavy atom. The van der Waals surface area contributed by atoms with Gasteiger partial charge in [-0.3, -0.25) is 19.9 Å². The van der Waals surface area contributed by atoms with E-state index in [0.717, 1.165) is 24.9 Å². The number of anilines is 3. The SMILES string of the molecule is CC(C)c1ccnc(NC(=O)c2ccc(C(=N)c3c(N)ncnc3NC3CCCN(C(=O)C=CCN(C)C4CC4)C3)cc2)c1. The molecule has 2 amide bonds. The summed E-state index contributed by atoms with van der Waals surface area (Å²) in [6.45, 7) is 6.16. The fourth-order valence-electron chi connectivity index (χ4n) is 5.33. The van der Waals surface area contributed by atoms with Gasteiger partial charge in [-0.25, -0.2) is 15.0 Å². The summed E-state index contributed by atoms with van der Waals surface area (Å²) in [5.74, 6) is 1.14. The molecule has 230 valence electrons. The number of hydrogen-bond donors (Lipinski definition) is 4. The van der Waals surface area contributed by atoms with Crippen LogP contribution < -0.4 is 16.4 Å². The molecule has 1 atom stereocenters. The highest BCUT2D eigenvalue weighted by atomic mass is 16.2. The molecule has 11 nitrogen and oxygen atoms in total. The van der Waals surface area contributed by atoms with Crippen LogP contribution in [0.5, 0.6) is 0 Å². The first-order chi connectivity index (χ1) is 21.2. The molecular weight excluding hydrogens is 554 g/mol. The Balaban J connectivity index is 1.23. The third kappa shape index (κ3) is 7.65. The average molecular weight is 596 g/mol. The zero-order valence-electron chi connectivity index (χ0n) is 25.6. The number of rotatable bonds is 11. The molecule has 2 aromatic heterocycles. The fraction of sp³-hybridized carbons (Fsp3) is 0.394. The molecule has 2 aliphatic rings. The van der Waals surface area contributed by atoms with E-state index in [4.69, 9.17) is 11.1 Å². The van der Waals surface area contributed by atoms with Crippen LogP contribution in [-0.2, 0) is 4.79 Å². The van der Waals surface area contributed by atoms with Crippen molar-refractivity contribution >= 4 is 35.0 Å². The topological polar surface area (TPSA) is 153 Å². The van der Waals surface area contributed by atoms with E-state index < -0.39 is 0 Å². The summed E-state index contributed by atoms with van der Waals surface area (Å²) in [7, 11) is 2.09. The summed E-state index contributed by atoms with van der Waals surface area (Å²) in [5, 5.41) is 15.2. The molecule has 1 aliphatic heterocycles. The standard InChI is InChI=1S/C33H41N9O2/c1-21(2)24-14-15-36-27(18-24)40-33(44)23-10-8-22(9-11-23)30(34)29-31(35)37-20-38-32(29)39-25-6-4-17-42(19-25)28(43)7-5-16-41(3)26-12-13-26/h5,7-11,14-15,18,20-21,25-26,34H,4,6,12-13,16-17,19H2,1-3H3,(H,36,40,44)(H3,35,37,38,39). The van der Waals surface area contributed by atoms with Crippen LogP contribution >= 0.6 is 0 Å². The van der Waals surface area contributed by atoms with Crippen molar-refractivity contribution < 1.29 is 9.59 Å². The Kier molecular flexibility index (Phi) is 9.64. The van der Waals surface area contributed by atoms with Crippen molar-refractivity contribution in [1.82, 2.24) is 24.8 Å². The van der Waals surface area contributed by atoms with Crippen molar-refractivity contribution in [3.8, 4) is 0 Å². The molecule has 11 heteroatoms. The lowest BCUT2D eigenvalue weighted by molar-refractivity contribution is -0.127. The number of likely N-dealkylation sites (N-methyl/N-ethyl adjacent to an activating group) is 1. The van der Waals surface area contributed by atoms with Gasteiger partial charge in [0.25, 0.3) is 5.91 Å². The zero-order chi connectivity index (χ0) is 31.2. The molecule has 5 N–H and O–H groups in total. The number of nitrogens with zero attached hydrogens (tertiary/aromatic N) is 5. The van der Waals surface area contributed by atoms with Crippen LogP contribution in [0.2, 0.25) is 0 Å². The van der Waals surface area contributed by atoms with E-state index in [0.29, 0.717) is 53.4 Å².